The Morgan fingerprint density at radius 1 is 1.73 bits per heavy atom. The van der Waals surface area contributed by atoms with Crippen molar-refractivity contribution in [3.8, 4) is 12.3 Å². The molecule has 1 N–H and O–H groups in total. The Labute approximate surface area is 88.9 Å². The highest BCUT2D eigenvalue weighted by molar-refractivity contribution is 5.76. The summed E-state index contributed by atoms with van der Waals surface area (Å²) in [6.45, 7) is 4.11. The Kier molecular flexibility index (Phi) is 3.51. The molecular formula is C11H14N2O2. The van der Waals surface area contributed by atoms with Gasteiger partial charge in [0.05, 0.1) is 12.1 Å². The third kappa shape index (κ3) is 2.59. The Balaban J connectivity index is 2.93. The summed E-state index contributed by atoms with van der Waals surface area (Å²) in [5.41, 5.74) is 0.702. The zero-order chi connectivity index (χ0) is 11.4. The fourth-order valence-electron chi connectivity index (χ4n) is 1.53. The summed E-state index contributed by atoms with van der Waals surface area (Å²) in [6.07, 6.45) is 8.40. The van der Waals surface area contributed by atoms with Crippen LogP contribution >= 0.6 is 0 Å². The molecule has 15 heavy (non-hydrogen) atoms. The zero-order valence-corrected chi connectivity index (χ0v) is 8.84. The molecule has 0 aromatic carbocycles. The Morgan fingerprint density at radius 2 is 2.40 bits per heavy atom. The average Bonchev–Trinajstić information content (AvgIpc) is 2.52. The first-order chi connectivity index (χ1) is 7.06. The Hall–Kier alpha value is -1.76. The number of rotatable bonds is 4. The summed E-state index contributed by atoms with van der Waals surface area (Å²) in [7, 11) is 0. The SMILES string of the molecule is C#CCn1cc(C(C(=O)O)C(C)C)cn1. The molecule has 1 unspecified atom stereocenters. The predicted octanol–water partition coefficient (Wildman–Crippen LogP) is 1.34. The molecule has 0 saturated carbocycles. The molecule has 80 valence electrons. The second kappa shape index (κ2) is 4.65. The van der Waals surface area contributed by atoms with Crippen LogP contribution in [0, 0.1) is 18.3 Å². The van der Waals surface area contributed by atoms with E-state index in [4.69, 9.17) is 11.5 Å². The lowest BCUT2D eigenvalue weighted by molar-refractivity contribution is -0.139. The lowest BCUT2D eigenvalue weighted by atomic mass is 9.91. The molecule has 4 heteroatoms. The number of aliphatic carboxylic acids is 1. The first-order valence-corrected chi connectivity index (χ1v) is 4.75. The van der Waals surface area contributed by atoms with E-state index in [9.17, 15) is 4.79 Å². The molecule has 0 aliphatic rings. The molecule has 0 aliphatic heterocycles. The first-order valence-electron chi connectivity index (χ1n) is 4.75. The van der Waals surface area contributed by atoms with Crippen LogP contribution in [0.3, 0.4) is 0 Å². The number of carboxylic acids is 1. The molecule has 1 atom stereocenters. The second-order valence-corrected chi connectivity index (χ2v) is 3.74. The minimum absolute atomic E-state index is 0.0333. The molecule has 4 nitrogen and oxygen atoms in total. The van der Waals surface area contributed by atoms with E-state index in [-0.39, 0.29) is 5.92 Å². The maximum Gasteiger partial charge on any atom is 0.311 e. The topological polar surface area (TPSA) is 55.1 Å². The lowest BCUT2D eigenvalue weighted by Crippen LogP contribution is -2.16. The van der Waals surface area contributed by atoms with Crippen LogP contribution in [0.5, 0.6) is 0 Å². The summed E-state index contributed by atoms with van der Waals surface area (Å²) < 4.78 is 1.56. The summed E-state index contributed by atoms with van der Waals surface area (Å²) in [5, 5.41) is 13.1. The largest absolute Gasteiger partial charge is 0.481 e. The number of carboxylic acid groups (broad SMARTS) is 1. The molecule has 1 rings (SSSR count). The van der Waals surface area contributed by atoms with Gasteiger partial charge in [-0.05, 0) is 5.92 Å². The molecule has 0 amide bonds. The van der Waals surface area contributed by atoms with Gasteiger partial charge in [-0.15, -0.1) is 6.42 Å². The Bertz CT molecular complexity index is 388. The molecule has 1 heterocycles. The maximum absolute atomic E-state index is 11.0. The van der Waals surface area contributed by atoms with Crippen LogP contribution in [0.2, 0.25) is 0 Å². The normalized spacial score (nSPS) is 12.4. The van der Waals surface area contributed by atoms with Crippen LogP contribution in [-0.2, 0) is 11.3 Å². The molecule has 0 radical (unpaired) electrons. The third-order valence-corrected chi connectivity index (χ3v) is 2.20. The van der Waals surface area contributed by atoms with Crippen LogP contribution in [0.4, 0.5) is 0 Å². The highest BCUT2D eigenvalue weighted by atomic mass is 16.4. The van der Waals surface area contributed by atoms with Gasteiger partial charge in [-0.3, -0.25) is 9.48 Å². The van der Waals surface area contributed by atoms with Crippen LogP contribution in [0.1, 0.15) is 25.3 Å². The summed E-state index contributed by atoms with van der Waals surface area (Å²) >= 11 is 0. The van der Waals surface area contributed by atoms with Gasteiger partial charge < -0.3 is 5.11 Å². The average molecular weight is 206 g/mol. The van der Waals surface area contributed by atoms with Crippen LogP contribution in [0.25, 0.3) is 0 Å². The van der Waals surface area contributed by atoms with Gasteiger partial charge in [0.25, 0.3) is 0 Å². The van der Waals surface area contributed by atoms with E-state index >= 15 is 0 Å². The third-order valence-electron chi connectivity index (χ3n) is 2.20. The quantitative estimate of drug-likeness (QED) is 0.756. The molecule has 0 fully saturated rings. The van der Waals surface area contributed by atoms with Gasteiger partial charge in [0.2, 0.25) is 0 Å². The molecule has 0 saturated heterocycles. The molecular weight excluding hydrogens is 192 g/mol. The van der Waals surface area contributed by atoms with E-state index < -0.39 is 11.9 Å². The van der Waals surface area contributed by atoms with Crippen LogP contribution in [-0.4, -0.2) is 20.9 Å². The predicted molar refractivity (Wildman–Crippen MR) is 56.3 cm³/mol. The van der Waals surface area contributed by atoms with Gasteiger partial charge in [0.1, 0.15) is 6.54 Å². The number of aromatic nitrogens is 2. The van der Waals surface area contributed by atoms with E-state index in [1.165, 1.54) is 0 Å². The van der Waals surface area contributed by atoms with Crippen molar-refractivity contribution in [1.82, 2.24) is 9.78 Å². The lowest BCUT2D eigenvalue weighted by Gasteiger charge is -2.13. The number of carbonyl (C=O) groups is 1. The van der Waals surface area contributed by atoms with Gasteiger partial charge in [0.15, 0.2) is 0 Å². The molecule has 1 aromatic heterocycles. The van der Waals surface area contributed by atoms with Crippen molar-refractivity contribution in [2.24, 2.45) is 5.92 Å². The zero-order valence-electron chi connectivity index (χ0n) is 8.84. The van der Waals surface area contributed by atoms with Crippen LogP contribution in [0.15, 0.2) is 12.4 Å². The monoisotopic (exact) mass is 206 g/mol. The molecule has 1 aromatic rings. The highest BCUT2D eigenvalue weighted by Crippen LogP contribution is 2.23. The van der Waals surface area contributed by atoms with E-state index in [2.05, 4.69) is 11.0 Å². The van der Waals surface area contributed by atoms with Gasteiger partial charge >= 0.3 is 5.97 Å². The first kappa shape index (κ1) is 11.3. The van der Waals surface area contributed by atoms with Crippen molar-refractivity contribution in [3.63, 3.8) is 0 Å². The van der Waals surface area contributed by atoms with Crippen molar-refractivity contribution in [2.45, 2.75) is 26.3 Å². The minimum Gasteiger partial charge on any atom is -0.481 e. The van der Waals surface area contributed by atoms with Crippen molar-refractivity contribution in [2.75, 3.05) is 0 Å². The number of hydrogen-bond acceptors (Lipinski definition) is 2. The highest BCUT2D eigenvalue weighted by Gasteiger charge is 2.24. The van der Waals surface area contributed by atoms with Crippen molar-refractivity contribution >= 4 is 5.97 Å². The number of nitrogens with zero attached hydrogens (tertiary/aromatic N) is 2. The summed E-state index contributed by atoms with van der Waals surface area (Å²) in [6, 6.07) is 0. The maximum atomic E-state index is 11.0. The van der Waals surface area contributed by atoms with Gasteiger partial charge in [-0.2, -0.15) is 5.10 Å². The number of terminal acetylenes is 1. The standard InChI is InChI=1S/C11H14N2O2/c1-4-5-13-7-9(6-12-13)10(8(2)3)11(14)15/h1,6-8,10H,5H2,2-3H3,(H,14,15). The van der Waals surface area contributed by atoms with Crippen molar-refractivity contribution in [1.29, 1.82) is 0 Å². The van der Waals surface area contributed by atoms with E-state index in [1.807, 2.05) is 13.8 Å². The number of hydrogen-bond donors (Lipinski definition) is 1. The molecule has 0 spiro atoms. The van der Waals surface area contributed by atoms with Crippen molar-refractivity contribution < 1.29 is 9.90 Å². The van der Waals surface area contributed by atoms with Crippen LogP contribution < -0.4 is 0 Å². The summed E-state index contributed by atoms with van der Waals surface area (Å²) in [5.74, 6) is 1.14. The summed E-state index contributed by atoms with van der Waals surface area (Å²) in [4.78, 5) is 11.0. The second-order valence-electron chi connectivity index (χ2n) is 3.74. The Morgan fingerprint density at radius 3 is 2.87 bits per heavy atom. The van der Waals surface area contributed by atoms with E-state index in [0.29, 0.717) is 12.1 Å². The van der Waals surface area contributed by atoms with E-state index in [0.717, 1.165) is 0 Å². The fourth-order valence-corrected chi connectivity index (χ4v) is 1.53. The molecule has 0 bridgehead atoms. The van der Waals surface area contributed by atoms with Gasteiger partial charge in [0, 0.05) is 11.8 Å². The van der Waals surface area contributed by atoms with Crippen molar-refractivity contribution in [3.05, 3.63) is 18.0 Å². The smallest absolute Gasteiger partial charge is 0.311 e. The minimum atomic E-state index is -0.828. The van der Waals surface area contributed by atoms with Gasteiger partial charge in [-0.1, -0.05) is 19.8 Å². The molecule has 0 aliphatic carbocycles. The fraction of sp³-hybridized carbons (Fsp3) is 0.455. The van der Waals surface area contributed by atoms with E-state index in [1.54, 1.807) is 17.1 Å². The van der Waals surface area contributed by atoms with Gasteiger partial charge in [-0.25, -0.2) is 0 Å².